The number of carbonyl (C=O) groups excluding carboxylic acids is 2. The van der Waals surface area contributed by atoms with Crippen LogP contribution in [0.25, 0.3) is 17.0 Å². The SMILES string of the molecule is CCCC1=C(C(=O)OCC)[C@H](c2ccc3c(c2)OCO3)n2c(s/c(=C/c3cn(CC(=O)N4CCCC4)c4ccccc34)c2=O)=N1. The number of rotatable bonds is 8. The van der Waals surface area contributed by atoms with Crippen LogP contribution in [0.5, 0.6) is 11.5 Å². The van der Waals surface area contributed by atoms with E-state index in [0.717, 1.165) is 48.8 Å². The first-order valence-electron chi connectivity index (χ1n) is 15.4. The maximum Gasteiger partial charge on any atom is 0.338 e. The Morgan fingerprint density at radius 3 is 2.69 bits per heavy atom. The summed E-state index contributed by atoms with van der Waals surface area (Å²) in [5, 5.41) is 0.948. The number of carbonyl (C=O) groups is 2. The van der Waals surface area contributed by atoms with Gasteiger partial charge in [0, 0.05) is 35.8 Å². The van der Waals surface area contributed by atoms with Gasteiger partial charge in [0.15, 0.2) is 16.3 Å². The van der Waals surface area contributed by atoms with Crippen LogP contribution in [0.2, 0.25) is 0 Å². The van der Waals surface area contributed by atoms with Gasteiger partial charge in [-0.1, -0.05) is 48.9 Å². The number of thiazole rings is 1. The number of amides is 1. The highest BCUT2D eigenvalue weighted by Gasteiger charge is 2.35. The lowest BCUT2D eigenvalue weighted by atomic mass is 9.94. The molecule has 1 atom stereocenters. The number of benzene rings is 2. The van der Waals surface area contributed by atoms with Crippen LogP contribution in [0.4, 0.5) is 0 Å². The van der Waals surface area contributed by atoms with Crippen molar-refractivity contribution >= 4 is 40.2 Å². The number of allylic oxidation sites excluding steroid dienone is 1. The van der Waals surface area contributed by atoms with Crippen LogP contribution in [0.3, 0.4) is 0 Å². The largest absolute Gasteiger partial charge is 0.463 e. The second-order valence-corrected chi connectivity index (χ2v) is 12.4. The van der Waals surface area contributed by atoms with Crippen molar-refractivity contribution in [3.05, 3.63) is 90.7 Å². The van der Waals surface area contributed by atoms with E-state index in [1.54, 1.807) is 17.6 Å². The molecule has 0 aliphatic carbocycles. The number of para-hydroxylation sites is 1. The Kier molecular flexibility index (Phi) is 7.78. The van der Waals surface area contributed by atoms with Crippen molar-refractivity contribution in [1.82, 2.24) is 14.0 Å². The number of esters is 1. The number of ether oxygens (including phenoxy) is 3. The fraction of sp³-hybridized carbons (Fsp3) is 0.353. The molecule has 0 spiro atoms. The molecule has 1 amide bonds. The van der Waals surface area contributed by atoms with E-state index in [2.05, 4.69) is 0 Å². The van der Waals surface area contributed by atoms with E-state index in [4.69, 9.17) is 19.2 Å². The van der Waals surface area contributed by atoms with E-state index >= 15 is 0 Å². The maximum atomic E-state index is 14.3. The molecule has 0 bridgehead atoms. The summed E-state index contributed by atoms with van der Waals surface area (Å²) in [4.78, 5) is 48.1. The lowest BCUT2D eigenvalue weighted by Gasteiger charge is -2.25. The first kappa shape index (κ1) is 29.1. The number of hydrogen-bond donors (Lipinski definition) is 0. The van der Waals surface area contributed by atoms with Crippen LogP contribution < -0.4 is 24.4 Å². The zero-order valence-corrected chi connectivity index (χ0v) is 26.1. The molecule has 5 heterocycles. The van der Waals surface area contributed by atoms with E-state index in [1.807, 2.05) is 65.1 Å². The summed E-state index contributed by atoms with van der Waals surface area (Å²) in [7, 11) is 0. The molecule has 2 aromatic carbocycles. The quantitative estimate of drug-likeness (QED) is 0.275. The molecule has 0 radical (unpaired) electrons. The van der Waals surface area contributed by atoms with Gasteiger partial charge >= 0.3 is 5.97 Å². The Morgan fingerprint density at radius 2 is 1.89 bits per heavy atom. The van der Waals surface area contributed by atoms with Crippen LogP contribution in [0, 0.1) is 0 Å². The fourth-order valence-corrected chi connectivity index (χ4v) is 7.40. The highest BCUT2D eigenvalue weighted by Crippen LogP contribution is 2.39. The highest BCUT2D eigenvalue weighted by atomic mass is 32.1. The van der Waals surface area contributed by atoms with Gasteiger partial charge in [0.05, 0.1) is 28.5 Å². The normalized spacial score (nSPS) is 17.6. The van der Waals surface area contributed by atoms with E-state index < -0.39 is 12.0 Å². The van der Waals surface area contributed by atoms with E-state index in [0.29, 0.717) is 44.1 Å². The van der Waals surface area contributed by atoms with E-state index in [-0.39, 0.29) is 31.4 Å². The Morgan fingerprint density at radius 1 is 1.09 bits per heavy atom. The fourth-order valence-electron chi connectivity index (χ4n) is 6.39. The van der Waals surface area contributed by atoms with Crippen molar-refractivity contribution < 1.29 is 23.8 Å². The number of likely N-dealkylation sites (tertiary alicyclic amines) is 1. The van der Waals surface area contributed by atoms with Crippen molar-refractivity contribution in [1.29, 1.82) is 0 Å². The molecule has 1 fully saturated rings. The summed E-state index contributed by atoms with van der Waals surface area (Å²) in [6.45, 7) is 5.93. The van der Waals surface area contributed by atoms with Gasteiger partial charge in [0.2, 0.25) is 12.7 Å². The summed E-state index contributed by atoms with van der Waals surface area (Å²) in [6.07, 6.45) is 7.20. The molecule has 45 heavy (non-hydrogen) atoms. The summed E-state index contributed by atoms with van der Waals surface area (Å²) in [6, 6.07) is 12.6. The molecule has 0 unspecified atom stereocenters. The molecule has 232 valence electrons. The van der Waals surface area contributed by atoms with Gasteiger partial charge in [-0.3, -0.25) is 14.2 Å². The van der Waals surface area contributed by atoms with E-state index in [1.165, 1.54) is 11.3 Å². The topological polar surface area (TPSA) is 104 Å². The average molecular weight is 627 g/mol. The molecule has 11 heteroatoms. The first-order valence-corrected chi connectivity index (χ1v) is 16.3. The van der Waals surface area contributed by atoms with Gasteiger partial charge in [-0.15, -0.1) is 0 Å². The highest BCUT2D eigenvalue weighted by molar-refractivity contribution is 7.07. The number of hydrogen-bond acceptors (Lipinski definition) is 8. The Labute approximate surface area is 263 Å². The summed E-state index contributed by atoms with van der Waals surface area (Å²) >= 11 is 1.29. The van der Waals surface area contributed by atoms with E-state index in [9.17, 15) is 14.4 Å². The van der Waals surface area contributed by atoms with Crippen molar-refractivity contribution in [2.24, 2.45) is 4.99 Å². The minimum Gasteiger partial charge on any atom is -0.463 e. The van der Waals surface area contributed by atoms with Crippen LogP contribution in [-0.2, 0) is 20.9 Å². The Hall–Kier alpha value is -4.64. The predicted molar refractivity (Wildman–Crippen MR) is 170 cm³/mol. The molecule has 10 nitrogen and oxygen atoms in total. The molecule has 3 aliphatic rings. The number of fused-ring (bicyclic) bond motifs is 3. The lowest BCUT2D eigenvalue weighted by Crippen LogP contribution is -2.40. The van der Waals surface area contributed by atoms with Gasteiger partial charge in [-0.25, -0.2) is 9.79 Å². The molecule has 4 aromatic rings. The van der Waals surface area contributed by atoms with Gasteiger partial charge in [-0.2, -0.15) is 0 Å². The summed E-state index contributed by atoms with van der Waals surface area (Å²) in [5.41, 5.74) is 3.18. The smallest absolute Gasteiger partial charge is 0.338 e. The third-order valence-electron chi connectivity index (χ3n) is 8.47. The molecular formula is C34H34N4O6S. The minimum atomic E-state index is -0.752. The molecular weight excluding hydrogens is 592 g/mol. The third-order valence-corrected chi connectivity index (χ3v) is 9.46. The molecule has 0 N–H and O–H groups in total. The van der Waals surface area contributed by atoms with Crippen LogP contribution >= 0.6 is 11.3 Å². The third kappa shape index (κ3) is 5.24. The van der Waals surface area contributed by atoms with Gasteiger partial charge in [0.25, 0.3) is 5.56 Å². The average Bonchev–Trinajstić information content (AvgIpc) is 3.85. The van der Waals surface area contributed by atoms with Crippen LogP contribution in [0.1, 0.15) is 56.7 Å². The summed E-state index contributed by atoms with van der Waals surface area (Å²) < 4.78 is 20.7. The summed E-state index contributed by atoms with van der Waals surface area (Å²) in [5.74, 6) is 0.773. The number of nitrogens with zero attached hydrogens (tertiary/aromatic N) is 4. The van der Waals surface area contributed by atoms with Crippen molar-refractivity contribution in [2.75, 3.05) is 26.5 Å². The zero-order chi connectivity index (χ0) is 31.1. The second-order valence-electron chi connectivity index (χ2n) is 11.3. The first-order chi connectivity index (χ1) is 22.0. The second kappa shape index (κ2) is 12.0. The molecule has 3 aliphatic heterocycles. The monoisotopic (exact) mass is 626 g/mol. The predicted octanol–water partition coefficient (Wildman–Crippen LogP) is 3.88. The standard InChI is InChI=1S/C34H34N4O6S/c1-3-9-24-30(33(41)42-4-2)31(21-12-13-26-27(16-21)44-20-43-26)38-32(40)28(45-34(38)35-24)17-22-18-37(25-11-6-5-10-23(22)25)19-29(39)36-14-7-8-15-36/h5-6,10-13,16-18,31H,3-4,7-9,14-15,19-20H2,1-2H3/b28-17+/t31-/m0/s1. The van der Waals surface area contributed by atoms with Crippen LogP contribution in [0.15, 0.2) is 69.7 Å². The Balaban J connectivity index is 1.38. The molecule has 0 saturated carbocycles. The molecule has 2 aromatic heterocycles. The minimum absolute atomic E-state index is 0.0952. The zero-order valence-electron chi connectivity index (χ0n) is 25.3. The van der Waals surface area contributed by atoms with Crippen molar-refractivity contribution in [3.8, 4) is 11.5 Å². The Bertz CT molecular complexity index is 2030. The number of aromatic nitrogens is 2. The van der Waals surface area contributed by atoms with Gasteiger partial charge < -0.3 is 23.7 Å². The maximum absolute atomic E-state index is 14.3. The van der Waals surface area contributed by atoms with Gasteiger partial charge in [0.1, 0.15) is 6.54 Å². The lowest BCUT2D eigenvalue weighted by molar-refractivity contribution is -0.139. The molecule has 1 saturated heterocycles. The molecule has 7 rings (SSSR count). The van der Waals surface area contributed by atoms with Crippen LogP contribution in [-0.4, -0.2) is 52.4 Å². The van der Waals surface area contributed by atoms with Gasteiger partial charge in [-0.05, 0) is 56.0 Å². The van der Waals surface area contributed by atoms with Crippen molar-refractivity contribution in [3.63, 3.8) is 0 Å². The van der Waals surface area contributed by atoms with Crippen molar-refractivity contribution in [2.45, 2.75) is 52.1 Å².